The summed E-state index contributed by atoms with van der Waals surface area (Å²) in [6.45, 7) is 0.266. The molecule has 1 atom stereocenters. The van der Waals surface area contributed by atoms with Gasteiger partial charge in [-0.1, -0.05) is 17.7 Å². The molecule has 5 rings (SSSR count). The summed E-state index contributed by atoms with van der Waals surface area (Å²) in [5, 5.41) is 9.59. The quantitative estimate of drug-likeness (QED) is 0.257. The number of fused-ring (bicyclic) bond motifs is 1. The number of carbonyl (C=O) groups is 3. The summed E-state index contributed by atoms with van der Waals surface area (Å²) in [5.41, 5.74) is 1.79. The second kappa shape index (κ2) is 10.5. The molecule has 0 spiro atoms. The Balaban J connectivity index is 1.15. The number of likely N-dealkylation sites (tertiary alicyclic amines) is 1. The van der Waals surface area contributed by atoms with Crippen molar-refractivity contribution in [2.75, 3.05) is 29.0 Å². The Morgan fingerprint density at radius 1 is 0.921 bits per heavy atom. The van der Waals surface area contributed by atoms with Crippen molar-refractivity contribution in [2.45, 2.75) is 6.42 Å². The summed E-state index contributed by atoms with van der Waals surface area (Å²) in [5.74, 6) is -3.49. The van der Waals surface area contributed by atoms with Gasteiger partial charge in [0.15, 0.2) is 0 Å². The Morgan fingerprint density at radius 2 is 1.61 bits per heavy atom. The first-order chi connectivity index (χ1) is 18.3. The van der Waals surface area contributed by atoms with Crippen LogP contribution in [0.3, 0.4) is 0 Å². The van der Waals surface area contributed by atoms with Crippen molar-refractivity contribution < 1.29 is 23.2 Å². The third-order valence-electron chi connectivity index (χ3n) is 6.33. The number of aromatic amines is 1. The number of benzene rings is 3. The molecule has 0 bridgehead atoms. The fourth-order valence-electron chi connectivity index (χ4n) is 4.38. The first kappa shape index (κ1) is 25.2. The molecule has 1 unspecified atom stereocenters. The number of hydrogen-bond acceptors (Lipinski definition) is 3. The molecule has 0 radical (unpaired) electrons. The second-order valence-corrected chi connectivity index (χ2v) is 9.31. The summed E-state index contributed by atoms with van der Waals surface area (Å²) in [4.78, 5) is 42.1. The van der Waals surface area contributed by atoms with Crippen molar-refractivity contribution >= 4 is 57.4 Å². The molecule has 1 saturated heterocycles. The molecular weight excluding hydrogens is 516 g/mol. The molecule has 1 aromatic heterocycles. The van der Waals surface area contributed by atoms with Crippen molar-refractivity contribution in [1.82, 2.24) is 9.88 Å². The number of carbonyl (C=O) groups excluding carboxylic acids is 3. The Bertz CT molecular complexity index is 1520. The van der Waals surface area contributed by atoms with Crippen molar-refractivity contribution in [2.24, 2.45) is 5.92 Å². The molecule has 3 aromatic carbocycles. The van der Waals surface area contributed by atoms with E-state index in [-0.39, 0.29) is 19.0 Å². The first-order valence-electron chi connectivity index (χ1n) is 11.8. The highest BCUT2D eigenvalue weighted by molar-refractivity contribution is 6.31. The highest BCUT2D eigenvalue weighted by Gasteiger charge is 2.33. The SMILES string of the molecule is O=C(Nc1ccc(NC(=O)C2CCN(C(=O)c3c(F)cccc3F)C2)cc1)Nc1c[nH]c2ccc(Cl)cc12. The number of amides is 4. The van der Waals surface area contributed by atoms with Crippen LogP contribution in [-0.2, 0) is 4.79 Å². The number of rotatable bonds is 5. The molecule has 1 fully saturated rings. The number of nitrogens with zero attached hydrogens (tertiary/aromatic N) is 1. The minimum absolute atomic E-state index is 0.0529. The first-order valence-corrected chi connectivity index (χ1v) is 12.1. The molecular formula is C27H22ClF2N5O3. The fourth-order valence-corrected chi connectivity index (χ4v) is 4.55. The van der Waals surface area contributed by atoms with Crippen molar-refractivity contribution in [3.05, 3.63) is 89.1 Å². The summed E-state index contributed by atoms with van der Waals surface area (Å²) in [7, 11) is 0. The van der Waals surface area contributed by atoms with Gasteiger partial charge >= 0.3 is 6.03 Å². The lowest BCUT2D eigenvalue weighted by molar-refractivity contribution is -0.119. The standard InChI is InChI=1S/C27H22ClF2N5O3/c28-16-4-9-22-19(12-16)23(13-31-22)34-27(38)33-18-7-5-17(6-8-18)32-25(36)15-10-11-35(14-15)26(37)24-20(29)2-1-3-21(24)30/h1-9,12-13,15,31H,10-11,14H2,(H,32,36)(H2,33,34,38). The fraction of sp³-hybridized carbons (Fsp3) is 0.148. The molecule has 194 valence electrons. The largest absolute Gasteiger partial charge is 0.359 e. The van der Waals surface area contributed by atoms with Gasteiger partial charge in [0.1, 0.15) is 17.2 Å². The lowest BCUT2D eigenvalue weighted by atomic mass is 10.1. The molecule has 1 aliphatic rings. The van der Waals surface area contributed by atoms with Gasteiger partial charge in [0, 0.05) is 46.6 Å². The van der Waals surface area contributed by atoms with Crippen molar-refractivity contribution in [3.63, 3.8) is 0 Å². The van der Waals surface area contributed by atoms with E-state index in [9.17, 15) is 23.2 Å². The van der Waals surface area contributed by atoms with Crippen molar-refractivity contribution in [3.8, 4) is 0 Å². The van der Waals surface area contributed by atoms with Gasteiger partial charge in [-0.15, -0.1) is 0 Å². The maximum atomic E-state index is 14.0. The van der Waals surface area contributed by atoms with Crippen LogP contribution in [0.15, 0.2) is 66.9 Å². The van der Waals surface area contributed by atoms with E-state index < -0.39 is 35.1 Å². The maximum Gasteiger partial charge on any atom is 0.323 e. The third-order valence-corrected chi connectivity index (χ3v) is 6.56. The summed E-state index contributed by atoms with van der Waals surface area (Å²) in [6, 6.07) is 14.6. The number of hydrogen-bond donors (Lipinski definition) is 4. The van der Waals surface area contributed by atoms with Gasteiger partial charge in [-0.2, -0.15) is 0 Å². The monoisotopic (exact) mass is 537 g/mol. The Labute approximate surface area is 221 Å². The second-order valence-electron chi connectivity index (χ2n) is 8.87. The van der Waals surface area contributed by atoms with E-state index in [2.05, 4.69) is 20.9 Å². The molecule has 1 aliphatic heterocycles. The minimum atomic E-state index is -0.934. The summed E-state index contributed by atoms with van der Waals surface area (Å²) >= 11 is 6.05. The number of anilines is 3. The predicted molar refractivity (Wildman–Crippen MR) is 141 cm³/mol. The van der Waals surface area contributed by atoms with Crippen LogP contribution in [0.1, 0.15) is 16.8 Å². The molecule has 2 heterocycles. The third kappa shape index (κ3) is 5.30. The van der Waals surface area contributed by atoms with Gasteiger partial charge in [-0.3, -0.25) is 9.59 Å². The Morgan fingerprint density at radius 3 is 2.32 bits per heavy atom. The normalized spacial score (nSPS) is 14.9. The topological polar surface area (TPSA) is 106 Å². The highest BCUT2D eigenvalue weighted by Crippen LogP contribution is 2.27. The van der Waals surface area contributed by atoms with Crippen LogP contribution in [0, 0.1) is 17.6 Å². The smallest absolute Gasteiger partial charge is 0.323 e. The van der Waals surface area contributed by atoms with E-state index in [0.29, 0.717) is 28.5 Å². The maximum absolute atomic E-state index is 14.0. The van der Waals surface area contributed by atoms with E-state index in [0.717, 1.165) is 23.0 Å². The molecule has 4 N–H and O–H groups in total. The number of urea groups is 1. The lowest BCUT2D eigenvalue weighted by Crippen LogP contribution is -2.32. The van der Waals surface area contributed by atoms with Crippen LogP contribution in [0.5, 0.6) is 0 Å². The van der Waals surface area contributed by atoms with Crippen LogP contribution in [0.4, 0.5) is 30.6 Å². The lowest BCUT2D eigenvalue weighted by Gasteiger charge is -2.17. The van der Waals surface area contributed by atoms with E-state index in [1.807, 2.05) is 6.07 Å². The summed E-state index contributed by atoms with van der Waals surface area (Å²) in [6.07, 6.45) is 2.04. The van der Waals surface area contributed by atoms with Crippen LogP contribution in [0.25, 0.3) is 10.9 Å². The Kier molecular flexibility index (Phi) is 6.97. The molecule has 4 amide bonds. The minimum Gasteiger partial charge on any atom is -0.359 e. The summed E-state index contributed by atoms with van der Waals surface area (Å²) < 4.78 is 28.0. The Hall–Kier alpha value is -4.44. The van der Waals surface area contributed by atoms with E-state index >= 15 is 0 Å². The zero-order valence-electron chi connectivity index (χ0n) is 19.9. The van der Waals surface area contributed by atoms with Crippen LogP contribution in [0.2, 0.25) is 5.02 Å². The highest BCUT2D eigenvalue weighted by atomic mass is 35.5. The van der Waals surface area contributed by atoms with E-state index in [1.165, 1.54) is 11.0 Å². The van der Waals surface area contributed by atoms with Gasteiger partial charge in [0.25, 0.3) is 5.91 Å². The van der Waals surface area contributed by atoms with E-state index in [4.69, 9.17) is 11.6 Å². The van der Waals surface area contributed by atoms with E-state index in [1.54, 1.807) is 42.6 Å². The van der Waals surface area contributed by atoms with Crippen LogP contribution in [-0.4, -0.2) is 40.8 Å². The molecule has 8 nitrogen and oxygen atoms in total. The number of H-pyrrole nitrogens is 1. The zero-order chi connectivity index (χ0) is 26.8. The molecule has 11 heteroatoms. The van der Waals surface area contributed by atoms with Gasteiger partial charge in [-0.05, 0) is 61.0 Å². The van der Waals surface area contributed by atoms with Gasteiger partial charge in [0.2, 0.25) is 5.91 Å². The number of halogens is 3. The van der Waals surface area contributed by atoms with Gasteiger partial charge in [0.05, 0.1) is 11.6 Å². The van der Waals surface area contributed by atoms with Crippen LogP contribution < -0.4 is 16.0 Å². The number of nitrogens with one attached hydrogen (secondary N) is 4. The van der Waals surface area contributed by atoms with Crippen LogP contribution >= 0.6 is 11.6 Å². The zero-order valence-corrected chi connectivity index (χ0v) is 20.6. The average Bonchev–Trinajstić information content (AvgIpc) is 3.53. The average molecular weight is 538 g/mol. The molecule has 4 aromatic rings. The van der Waals surface area contributed by atoms with Gasteiger partial charge < -0.3 is 25.8 Å². The van der Waals surface area contributed by atoms with Gasteiger partial charge in [-0.25, -0.2) is 13.6 Å². The van der Waals surface area contributed by atoms with Crippen molar-refractivity contribution in [1.29, 1.82) is 0 Å². The number of aromatic nitrogens is 1. The molecule has 0 saturated carbocycles. The predicted octanol–water partition coefficient (Wildman–Crippen LogP) is 5.84. The molecule has 0 aliphatic carbocycles. The molecule has 38 heavy (non-hydrogen) atoms.